The van der Waals surface area contributed by atoms with Crippen molar-refractivity contribution in [2.75, 3.05) is 33.0 Å². The molecule has 0 bridgehead atoms. The molecule has 3 fully saturated rings. The third-order valence-corrected chi connectivity index (χ3v) is 4.28. The molecule has 3 rings (SSSR count). The number of ether oxygens (including phenoxy) is 1. The zero-order chi connectivity index (χ0) is 12.8. The summed E-state index contributed by atoms with van der Waals surface area (Å²) in [6.07, 6.45) is 2.08. The molecule has 2 aliphatic heterocycles. The molecule has 6 nitrogen and oxygen atoms in total. The van der Waals surface area contributed by atoms with Crippen molar-refractivity contribution in [3.8, 4) is 0 Å². The van der Waals surface area contributed by atoms with Gasteiger partial charge in [0, 0.05) is 0 Å². The lowest BCUT2D eigenvalue weighted by Crippen LogP contribution is -3.15. The Morgan fingerprint density at radius 1 is 1.39 bits per heavy atom. The lowest BCUT2D eigenvalue weighted by Gasteiger charge is -2.27. The van der Waals surface area contributed by atoms with Crippen LogP contribution in [0.5, 0.6) is 0 Å². The second-order valence-electron chi connectivity index (χ2n) is 5.66. The molecule has 2 saturated heterocycles. The van der Waals surface area contributed by atoms with Crippen LogP contribution in [0.4, 0.5) is 4.79 Å². The van der Waals surface area contributed by atoms with Gasteiger partial charge in [-0.2, -0.15) is 0 Å². The first-order valence-corrected chi connectivity index (χ1v) is 6.66. The van der Waals surface area contributed by atoms with Crippen LogP contribution in [0.15, 0.2) is 0 Å². The van der Waals surface area contributed by atoms with E-state index >= 15 is 0 Å². The smallest absolute Gasteiger partial charge is 0.329 e. The predicted molar refractivity (Wildman–Crippen MR) is 62.9 cm³/mol. The van der Waals surface area contributed by atoms with E-state index in [1.165, 1.54) is 9.80 Å². The van der Waals surface area contributed by atoms with Crippen molar-refractivity contribution in [2.45, 2.75) is 25.3 Å². The largest absolute Gasteiger partial charge is 0.370 e. The summed E-state index contributed by atoms with van der Waals surface area (Å²) in [7, 11) is 0. The SMILES string of the molecule is C[C@@]1(C2CC2)NC(=O)N(C[NH+]2CCOCC2)C1=O. The first kappa shape index (κ1) is 11.9. The fourth-order valence-electron chi connectivity index (χ4n) is 2.84. The zero-order valence-electron chi connectivity index (χ0n) is 10.7. The quantitative estimate of drug-likeness (QED) is 0.608. The van der Waals surface area contributed by atoms with Crippen LogP contribution >= 0.6 is 0 Å². The van der Waals surface area contributed by atoms with Gasteiger partial charge >= 0.3 is 6.03 Å². The summed E-state index contributed by atoms with van der Waals surface area (Å²) in [5.74, 6) is 0.285. The molecule has 2 heterocycles. The molecule has 3 aliphatic rings. The fraction of sp³-hybridized carbons (Fsp3) is 0.833. The molecule has 2 N–H and O–H groups in total. The number of urea groups is 1. The summed E-state index contributed by atoms with van der Waals surface area (Å²) >= 11 is 0. The van der Waals surface area contributed by atoms with E-state index in [0.29, 0.717) is 25.8 Å². The number of hydrogen-bond donors (Lipinski definition) is 2. The zero-order valence-corrected chi connectivity index (χ0v) is 10.7. The number of rotatable bonds is 3. The average molecular weight is 254 g/mol. The number of morpholine rings is 1. The Kier molecular flexibility index (Phi) is 2.79. The van der Waals surface area contributed by atoms with Gasteiger partial charge in [0.25, 0.3) is 5.91 Å². The van der Waals surface area contributed by atoms with E-state index in [0.717, 1.165) is 25.9 Å². The Hall–Kier alpha value is -1.14. The lowest BCUT2D eigenvalue weighted by atomic mass is 9.96. The Labute approximate surface area is 106 Å². The molecule has 100 valence electrons. The highest BCUT2D eigenvalue weighted by atomic mass is 16.5. The molecular weight excluding hydrogens is 234 g/mol. The summed E-state index contributed by atoms with van der Waals surface area (Å²) in [5.41, 5.74) is -0.650. The van der Waals surface area contributed by atoms with Gasteiger partial charge in [0.2, 0.25) is 0 Å². The molecule has 0 aromatic carbocycles. The summed E-state index contributed by atoms with van der Waals surface area (Å²) < 4.78 is 5.28. The molecule has 3 amide bonds. The first-order valence-electron chi connectivity index (χ1n) is 6.66. The molecule has 6 heteroatoms. The van der Waals surface area contributed by atoms with Gasteiger partial charge in [-0.05, 0) is 25.7 Å². The number of carbonyl (C=O) groups is 2. The van der Waals surface area contributed by atoms with Gasteiger partial charge in [-0.15, -0.1) is 0 Å². The van der Waals surface area contributed by atoms with Crippen LogP contribution in [0.25, 0.3) is 0 Å². The van der Waals surface area contributed by atoms with Crippen LogP contribution in [0.3, 0.4) is 0 Å². The van der Waals surface area contributed by atoms with E-state index in [1.54, 1.807) is 0 Å². The van der Waals surface area contributed by atoms with E-state index in [1.807, 2.05) is 6.92 Å². The first-order chi connectivity index (χ1) is 8.61. The number of imide groups is 1. The van der Waals surface area contributed by atoms with Crippen molar-refractivity contribution in [1.82, 2.24) is 10.2 Å². The fourth-order valence-corrected chi connectivity index (χ4v) is 2.84. The predicted octanol–water partition coefficient (Wildman–Crippen LogP) is -1.42. The van der Waals surface area contributed by atoms with Crippen molar-refractivity contribution in [3.05, 3.63) is 0 Å². The molecular formula is C12H20N3O3+. The summed E-state index contributed by atoms with van der Waals surface area (Å²) in [5, 5.41) is 2.87. The van der Waals surface area contributed by atoms with Gasteiger partial charge in [0.1, 0.15) is 18.6 Å². The minimum atomic E-state index is -0.650. The van der Waals surface area contributed by atoms with Gasteiger partial charge in [0.15, 0.2) is 6.67 Å². The Bertz CT molecular complexity index is 377. The maximum atomic E-state index is 12.4. The summed E-state index contributed by atoms with van der Waals surface area (Å²) in [4.78, 5) is 27.0. The van der Waals surface area contributed by atoms with E-state index in [2.05, 4.69) is 5.32 Å². The van der Waals surface area contributed by atoms with Crippen LogP contribution in [-0.2, 0) is 9.53 Å². The average Bonchev–Trinajstić information content (AvgIpc) is 3.17. The highest BCUT2D eigenvalue weighted by Gasteiger charge is 2.56. The second-order valence-corrected chi connectivity index (χ2v) is 5.66. The maximum absolute atomic E-state index is 12.4. The van der Waals surface area contributed by atoms with Gasteiger partial charge in [0.05, 0.1) is 13.2 Å². The molecule has 0 aromatic rings. The molecule has 0 spiro atoms. The summed E-state index contributed by atoms with van der Waals surface area (Å²) in [6, 6.07) is -0.228. The van der Waals surface area contributed by atoms with Gasteiger partial charge in [-0.1, -0.05) is 0 Å². The van der Waals surface area contributed by atoms with Crippen molar-refractivity contribution in [3.63, 3.8) is 0 Å². The van der Waals surface area contributed by atoms with Crippen molar-refractivity contribution in [1.29, 1.82) is 0 Å². The highest BCUT2D eigenvalue weighted by Crippen LogP contribution is 2.42. The van der Waals surface area contributed by atoms with Crippen LogP contribution in [0, 0.1) is 5.92 Å². The van der Waals surface area contributed by atoms with Gasteiger partial charge in [-0.25, -0.2) is 9.69 Å². The minimum absolute atomic E-state index is 0.0472. The highest BCUT2D eigenvalue weighted by molar-refractivity contribution is 6.07. The number of amides is 3. The number of nitrogens with one attached hydrogen (secondary N) is 2. The standard InChI is InChI=1S/C12H19N3O3/c1-12(9-2-3-9)10(16)15(11(17)13-12)8-14-4-6-18-7-5-14/h9H,2-8H2,1H3,(H,13,17)/p+1/t12-/m0/s1. The monoisotopic (exact) mass is 254 g/mol. The molecule has 1 aliphatic carbocycles. The van der Waals surface area contributed by atoms with Crippen LogP contribution in [0.1, 0.15) is 19.8 Å². The van der Waals surface area contributed by atoms with Gasteiger partial charge in [-0.3, -0.25) is 4.79 Å². The lowest BCUT2D eigenvalue weighted by molar-refractivity contribution is -0.915. The van der Waals surface area contributed by atoms with E-state index in [4.69, 9.17) is 4.74 Å². The van der Waals surface area contributed by atoms with Crippen molar-refractivity contribution >= 4 is 11.9 Å². The van der Waals surface area contributed by atoms with Crippen LogP contribution < -0.4 is 10.2 Å². The third-order valence-electron chi connectivity index (χ3n) is 4.28. The number of quaternary nitrogens is 1. The molecule has 1 atom stereocenters. The van der Waals surface area contributed by atoms with Crippen LogP contribution in [-0.4, -0.2) is 55.3 Å². The molecule has 1 saturated carbocycles. The van der Waals surface area contributed by atoms with Crippen molar-refractivity contribution in [2.24, 2.45) is 5.92 Å². The van der Waals surface area contributed by atoms with E-state index in [9.17, 15) is 9.59 Å². The number of carbonyl (C=O) groups excluding carboxylic acids is 2. The Morgan fingerprint density at radius 2 is 2.06 bits per heavy atom. The van der Waals surface area contributed by atoms with Crippen molar-refractivity contribution < 1.29 is 19.2 Å². The topological polar surface area (TPSA) is 63.1 Å². The van der Waals surface area contributed by atoms with Crippen LogP contribution in [0.2, 0.25) is 0 Å². The van der Waals surface area contributed by atoms with E-state index in [-0.39, 0.29) is 11.9 Å². The minimum Gasteiger partial charge on any atom is -0.370 e. The maximum Gasteiger partial charge on any atom is 0.329 e. The number of hydrogen-bond acceptors (Lipinski definition) is 3. The number of nitrogens with zero attached hydrogens (tertiary/aromatic N) is 1. The molecule has 0 radical (unpaired) electrons. The van der Waals surface area contributed by atoms with Gasteiger partial charge < -0.3 is 15.0 Å². The second kappa shape index (κ2) is 4.20. The summed E-state index contributed by atoms with van der Waals surface area (Å²) in [6.45, 7) is 5.46. The Morgan fingerprint density at radius 3 is 2.67 bits per heavy atom. The third kappa shape index (κ3) is 1.89. The molecule has 18 heavy (non-hydrogen) atoms. The molecule has 0 unspecified atom stereocenters. The Balaban J connectivity index is 1.68. The normalized spacial score (nSPS) is 33.9. The van der Waals surface area contributed by atoms with E-state index < -0.39 is 5.54 Å². The molecule has 0 aromatic heterocycles.